The molecule has 16 heavy (non-hydrogen) atoms. The van der Waals surface area contributed by atoms with Crippen molar-refractivity contribution in [3.05, 3.63) is 28.0 Å². The summed E-state index contributed by atoms with van der Waals surface area (Å²) < 4.78 is 0. The van der Waals surface area contributed by atoms with Gasteiger partial charge in [0, 0.05) is 26.1 Å². The van der Waals surface area contributed by atoms with E-state index in [2.05, 4.69) is 22.1 Å². The monoisotopic (exact) mass is 256 g/mol. The quantitative estimate of drug-likeness (QED) is 0.501. The molecular formula is C11H10Cl2N2O. The van der Waals surface area contributed by atoms with Crippen LogP contribution in [0.1, 0.15) is 18.9 Å². The highest BCUT2D eigenvalue weighted by Gasteiger charge is 2.02. The first-order valence-corrected chi connectivity index (χ1v) is 5.40. The Labute approximate surface area is 104 Å². The van der Waals surface area contributed by atoms with Crippen LogP contribution in [0.5, 0.6) is 0 Å². The maximum absolute atomic E-state index is 10.6. The molecule has 0 unspecified atom stereocenters. The van der Waals surface area contributed by atoms with Crippen LogP contribution in [0, 0.1) is 11.8 Å². The molecule has 0 aliphatic rings. The van der Waals surface area contributed by atoms with E-state index in [-0.39, 0.29) is 5.91 Å². The lowest BCUT2D eigenvalue weighted by Gasteiger charge is -1.97. The first-order chi connectivity index (χ1) is 7.61. The average Bonchev–Trinajstić information content (AvgIpc) is 2.21. The van der Waals surface area contributed by atoms with Gasteiger partial charge >= 0.3 is 0 Å². The predicted molar refractivity (Wildman–Crippen MR) is 64.4 cm³/mol. The summed E-state index contributed by atoms with van der Waals surface area (Å²) in [6.07, 6.45) is 2.06. The molecule has 0 bridgehead atoms. The molecule has 1 rings (SSSR count). The molecule has 0 spiro atoms. The Morgan fingerprint density at radius 1 is 1.56 bits per heavy atom. The molecule has 0 saturated carbocycles. The lowest BCUT2D eigenvalue weighted by molar-refractivity contribution is -0.118. The van der Waals surface area contributed by atoms with Gasteiger partial charge in [-0.3, -0.25) is 4.79 Å². The highest BCUT2D eigenvalue weighted by molar-refractivity contribution is 6.35. The number of amides is 1. The van der Waals surface area contributed by atoms with Crippen molar-refractivity contribution < 1.29 is 4.79 Å². The van der Waals surface area contributed by atoms with Crippen LogP contribution in [0.2, 0.25) is 10.2 Å². The maximum Gasteiger partial charge on any atom is 0.216 e. The fraction of sp³-hybridized carbons (Fsp3) is 0.273. The molecule has 0 radical (unpaired) electrons. The van der Waals surface area contributed by atoms with E-state index in [1.54, 1.807) is 6.07 Å². The van der Waals surface area contributed by atoms with Gasteiger partial charge in [0.15, 0.2) is 0 Å². The summed E-state index contributed by atoms with van der Waals surface area (Å²) in [6, 6.07) is 1.63. The molecule has 1 N–H and O–H groups in total. The van der Waals surface area contributed by atoms with E-state index in [0.717, 1.165) is 0 Å². The number of nitrogens with zero attached hydrogens (tertiary/aromatic N) is 1. The van der Waals surface area contributed by atoms with Gasteiger partial charge in [-0.15, -0.1) is 0 Å². The van der Waals surface area contributed by atoms with E-state index < -0.39 is 0 Å². The lowest BCUT2D eigenvalue weighted by atomic mass is 10.2. The molecule has 0 aliphatic heterocycles. The largest absolute Gasteiger partial charge is 0.355 e. The molecule has 0 aromatic carbocycles. The molecule has 0 aliphatic carbocycles. The zero-order chi connectivity index (χ0) is 12.0. The molecule has 1 aromatic heterocycles. The van der Waals surface area contributed by atoms with Crippen molar-refractivity contribution in [2.45, 2.75) is 13.3 Å². The number of carbonyl (C=O) groups is 1. The molecule has 1 aromatic rings. The standard InChI is InChI=1S/C11H10Cl2N2O/c1-8(16)14-6-3-2-4-9-10(12)5-7-15-11(9)13/h5,7H,3,6H2,1H3,(H,14,16). The predicted octanol–water partition coefficient (Wildman–Crippen LogP) is 2.27. The maximum atomic E-state index is 10.6. The minimum absolute atomic E-state index is 0.0701. The summed E-state index contributed by atoms with van der Waals surface area (Å²) in [5.74, 6) is 5.62. The van der Waals surface area contributed by atoms with Gasteiger partial charge in [0.25, 0.3) is 0 Å². The zero-order valence-corrected chi connectivity index (χ0v) is 10.2. The van der Waals surface area contributed by atoms with Crippen LogP contribution in [0.3, 0.4) is 0 Å². The third kappa shape index (κ3) is 4.09. The summed E-state index contributed by atoms with van der Waals surface area (Å²) in [4.78, 5) is 14.4. The van der Waals surface area contributed by atoms with Crippen molar-refractivity contribution >= 4 is 29.1 Å². The van der Waals surface area contributed by atoms with Crippen molar-refractivity contribution in [2.24, 2.45) is 0 Å². The van der Waals surface area contributed by atoms with Crippen LogP contribution in [-0.2, 0) is 4.79 Å². The topological polar surface area (TPSA) is 42.0 Å². The highest BCUT2D eigenvalue weighted by atomic mass is 35.5. The lowest BCUT2D eigenvalue weighted by Crippen LogP contribution is -2.20. The second-order valence-electron chi connectivity index (χ2n) is 2.99. The van der Waals surface area contributed by atoms with Crippen LogP contribution in [-0.4, -0.2) is 17.4 Å². The Morgan fingerprint density at radius 2 is 2.31 bits per heavy atom. The third-order valence-corrected chi connectivity index (χ3v) is 2.29. The Hall–Kier alpha value is -1.24. The van der Waals surface area contributed by atoms with Gasteiger partial charge < -0.3 is 5.32 Å². The van der Waals surface area contributed by atoms with Gasteiger partial charge in [0.2, 0.25) is 5.91 Å². The number of rotatable bonds is 2. The Bertz CT molecular complexity index is 429. The minimum Gasteiger partial charge on any atom is -0.355 e. The van der Waals surface area contributed by atoms with E-state index >= 15 is 0 Å². The fourth-order valence-electron chi connectivity index (χ4n) is 0.978. The molecular weight excluding hydrogens is 247 g/mol. The molecule has 0 fully saturated rings. The van der Waals surface area contributed by atoms with Crippen LogP contribution in [0.4, 0.5) is 0 Å². The van der Waals surface area contributed by atoms with Crippen LogP contribution in [0.25, 0.3) is 0 Å². The smallest absolute Gasteiger partial charge is 0.216 e. The van der Waals surface area contributed by atoms with Gasteiger partial charge in [-0.05, 0) is 6.07 Å². The van der Waals surface area contributed by atoms with Crippen molar-refractivity contribution in [2.75, 3.05) is 6.54 Å². The van der Waals surface area contributed by atoms with Gasteiger partial charge in [-0.2, -0.15) is 0 Å². The average molecular weight is 257 g/mol. The number of pyridine rings is 1. The van der Waals surface area contributed by atoms with E-state index in [1.165, 1.54) is 13.1 Å². The molecule has 84 valence electrons. The van der Waals surface area contributed by atoms with E-state index in [1.807, 2.05) is 0 Å². The number of hydrogen-bond donors (Lipinski definition) is 1. The van der Waals surface area contributed by atoms with E-state index in [0.29, 0.717) is 28.7 Å². The minimum atomic E-state index is -0.0701. The molecule has 0 atom stereocenters. The summed E-state index contributed by atoms with van der Waals surface area (Å²) in [5.41, 5.74) is 0.522. The van der Waals surface area contributed by atoms with Crippen LogP contribution < -0.4 is 5.32 Å². The molecule has 5 heteroatoms. The second-order valence-corrected chi connectivity index (χ2v) is 3.76. The first kappa shape index (κ1) is 12.8. The fourth-order valence-corrected chi connectivity index (χ4v) is 1.42. The number of aromatic nitrogens is 1. The summed E-state index contributed by atoms with van der Waals surface area (Å²) in [6.45, 7) is 1.97. The number of nitrogens with one attached hydrogen (secondary N) is 1. The van der Waals surface area contributed by atoms with Crippen LogP contribution >= 0.6 is 23.2 Å². The Kier molecular flexibility index (Phi) is 5.10. The number of halogens is 2. The first-order valence-electron chi connectivity index (χ1n) is 4.64. The van der Waals surface area contributed by atoms with E-state index in [4.69, 9.17) is 23.2 Å². The second kappa shape index (κ2) is 6.37. The molecule has 1 amide bonds. The Balaban J connectivity index is 2.60. The number of carbonyl (C=O) groups excluding carboxylic acids is 1. The van der Waals surface area contributed by atoms with Crippen molar-refractivity contribution in [1.82, 2.24) is 10.3 Å². The van der Waals surface area contributed by atoms with Crippen molar-refractivity contribution in [3.63, 3.8) is 0 Å². The zero-order valence-electron chi connectivity index (χ0n) is 8.68. The van der Waals surface area contributed by atoms with Crippen molar-refractivity contribution in [1.29, 1.82) is 0 Å². The van der Waals surface area contributed by atoms with Gasteiger partial charge in [0.1, 0.15) is 5.15 Å². The third-order valence-electron chi connectivity index (χ3n) is 1.69. The molecule has 0 saturated heterocycles. The normalized spacial score (nSPS) is 9.19. The summed E-state index contributed by atoms with van der Waals surface area (Å²) >= 11 is 11.7. The van der Waals surface area contributed by atoms with Gasteiger partial charge in [-0.1, -0.05) is 35.0 Å². The van der Waals surface area contributed by atoms with Gasteiger partial charge in [-0.25, -0.2) is 4.98 Å². The van der Waals surface area contributed by atoms with Gasteiger partial charge in [0.05, 0.1) is 10.6 Å². The SMILES string of the molecule is CC(=O)NCCC#Cc1c(Cl)ccnc1Cl. The van der Waals surface area contributed by atoms with Crippen molar-refractivity contribution in [3.8, 4) is 11.8 Å². The van der Waals surface area contributed by atoms with E-state index in [9.17, 15) is 4.79 Å². The Morgan fingerprint density at radius 3 is 2.94 bits per heavy atom. The highest BCUT2D eigenvalue weighted by Crippen LogP contribution is 2.20. The summed E-state index contributed by atoms with van der Waals surface area (Å²) in [7, 11) is 0. The van der Waals surface area contributed by atoms with Crippen LogP contribution in [0.15, 0.2) is 12.3 Å². The molecule has 1 heterocycles. The molecule has 3 nitrogen and oxygen atoms in total. The summed E-state index contributed by atoms with van der Waals surface area (Å²) in [5, 5.41) is 3.41. The number of hydrogen-bond acceptors (Lipinski definition) is 2.